The van der Waals surface area contributed by atoms with Gasteiger partial charge in [0.25, 0.3) is 0 Å². The summed E-state index contributed by atoms with van der Waals surface area (Å²) in [5, 5.41) is 9.58. The number of rotatable bonds is 1. The topological polar surface area (TPSA) is 72.8 Å². The summed E-state index contributed by atoms with van der Waals surface area (Å²) in [6, 6.07) is 0. The van der Waals surface area contributed by atoms with Crippen molar-refractivity contribution < 1.29 is 24.2 Å². The number of ether oxygens (including phenoxy) is 2. The SMILES string of the molecule is CC(C)(C)OC(=O)C1C(O)C(=O)OC1(C)C. The number of hydrogen-bond donors (Lipinski definition) is 1. The van der Waals surface area contributed by atoms with Gasteiger partial charge in [-0.3, -0.25) is 4.79 Å². The standard InChI is InChI=1S/C11H18O5/c1-10(2,3)15-8(13)6-7(12)9(14)16-11(6,4)5/h6-7,12H,1-5H3. The van der Waals surface area contributed by atoms with Gasteiger partial charge in [0.15, 0.2) is 6.10 Å². The molecule has 1 saturated heterocycles. The van der Waals surface area contributed by atoms with Crippen molar-refractivity contribution in [3.05, 3.63) is 0 Å². The van der Waals surface area contributed by atoms with Crippen molar-refractivity contribution in [2.75, 3.05) is 0 Å². The van der Waals surface area contributed by atoms with Gasteiger partial charge in [-0.15, -0.1) is 0 Å². The number of cyclic esters (lactones) is 1. The summed E-state index contributed by atoms with van der Waals surface area (Å²) in [7, 11) is 0. The molecule has 0 radical (unpaired) electrons. The average molecular weight is 230 g/mol. The quantitative estimate of drug-likeness (QED) is 0.669. The molecular weight excluding hydrogens is 212 g/mol. The van der Waals surface area contributed by atoms with Crippen LogP contribution in [-0.4, -0.2) is 34.4 Å². The normalized spacial score (nSPS) is 28.8. The second-order valence-electron chi connectivity index (χ2n) is 5.48. The fourth-order valence-electron chi connectivity index (χ4n) is 1.68. The average Bonchev–Trinajstić information content (AvgIpc) is 2.16. The third-order valence-corrected chi connectivity index (χ3v) is 2.33. The smallest absolute Gasteiger partial charge is 0.336 e. The van der Waals surface area contributed by atoms with Crippen LogP contribution in [0.2, 0.25) is 0 Å². The summed E-state index contributed by atoms with van der Waals surface area (Å²) in [4.78, 5) is 23.0. The van der Waals surface area contributed by atoms with E-state index in [9.17, 15) is 14.7 Å². The fraction of sp³-hybridized carbons (Fsp3) is 0.818. The molecule has 92 valence electrons. The van der Waals surface area contributed by atoms with E-state index in [-0.39, 0.29) is 0 Å². The first-order valence-electron chi connectivity index (χ1n) is 5.18. The van der Waals surface area contributed by atoms with E-state index in [4.69, 9.17) is 9.47 Å². The first-order chi connectivity index (χ1) is 7.04. The van der Waals surface area contributed by atoms with Gasteiger partial charge in [-0.05, 0) is 34.6 Å². The van der Waals surface area contributed by atoms with Crippen LogP contribution in [0.5, 0.6) is 0 Å². The van der Waals surface area contributed by atoms with E-state index < -0.39 is 35.2 Å². The summed E-state index contributed by atoms with van der Waals surface area (Å²) in [5.74, 6) is -2.36. The Labute approximate surface area is 94.7 Å². The van der Waals surface area contributed by atoms with Crippen LogP contribution in [0.1, 0.15) is 34.6 Å². The summed E-state index contributed by atoms with van der Waals surface area (Å²) in [6.45, 7) is 8.33. The summed E-state index contributed by atoms with van der Waals surface area (Å²) < 4.78 is 10.1. The minimum absolute atomic E-state index is 0.615. The van der Waals surface area contributed by atoms with Gasteiger partial charge >= 0.3 is 11.9 Å². The lowest BCUT2D eigenvalue weighted by Crippen LogP contribution is -2.42. The molecule has 0 aromatic rings. The van der Waals surface area contributed by atoms with E-state index in [1.54, 1.807) is 34.6 Å². The van der Waals surface area contributed by atoms with E-state index in [0.29, 0.717) is 0 Å². The van der Waals surface area contributed by atoms with Gasteiger partial charge in [0.1, 0.15) is 17.1 Å². The molecule has 0 amide bonds. The molecular formula is C11H18O5. The van der Waals surface area contributed by atoms with Crippen molar-refractivity contribution in [3.8, 4) is 0 Å². The molecule has 0 spiro atoms. The maximum Gasteiger partial charge on any atom is 0.336 e. The van der Waals surface area contributed by atoms with E-state index in [1.165, 1.54) is 0 Å². The van der Waals surface area contributed by atoms with Crippen LogP contribution in [0.25, 0.3) is 0 Å². The highest BCUT2D eigenvalue weighted by molar-refractivity contribution is 5.88. The molecule has 0 aliphatic carbocycles. The number of hydrogen-bond acceptors (Lipinski definition) is 5. The Kier molecular flexibility index (Phi) is 3.02. The highest BCUT2D eigenvalue weighted by Crippen LogP contribution is 2.34. The van der Waals surface area contributed by atoms with E-state index in [1.807, 2.05) is 0 Å². The molecule has 1 aliphatic heterocycles. The van der Waals surface area contributed by atoms with Crippen LogP contribution in [0, 0.1) is 5.92 Å². The lowest BCUT2D eigenvalue weighted by Gasteiger charge is -2.27. The number of aliphatic hydroxyl groups is 1. The zero-order valence-electron chi connectivity index (χ0n) is 10.2. The Morgan fingerprint density at radius 2 is 1.94 bits per heavy atom. The largest absolute Gasteiger partial charge is 0.460 e. The molecule has 1 aliphatic rings. The maximum atomic E-state index is 11.8. The number of esters is 2. The monoisotopic (exact) mass is 230 g/mol. The van der Waals surface area contributed by atoms with Crippen LogP contribution in [0.3, 0.4) is 0 Å². The molecule has 16 heavy (non-hydrogen) atoms. The predicted molar refractivity (Wildman–Crippen MR) is 55.5 cm³/mol. The third kappa shape index (κ3) is 2.52. The van der Waals surface area contributed by atoms with Crippen molar-refractivity contribution >= 4 is 11.9 Å². The minimum Gasteiger partial charge on any atom is -0.460 e. The van der Waals surface area contributed by atoms with Crippen LogP contribution < -0.4 is 0 Å². The lowest BCUT2D eigenvalue weighted by molar-refractivity contribution is -0.167. The predicted octanol–water partition coefficient (Wildman–Crippen LogP) is 0.641. The van der Waals surface area contributed by atoms with Crippen molar-refractivity contribution in [1.29, 1.82) is 0 Å². The van der Waals surface area contributed by atoms with E-state index in [2.05, 4.69) is 0 Å². The van der Waals surface area contributed by atoms with E-state index in [0.717, 1.165) is 0 Å². The van der Waals surface area contributed by atoms with Crippen molar-refractivity contribution in [2.45, 2.75) is 51.9 Å². The molecule has 1 N–H and O–H groups in total. The molecule has 0 aromatic carbocycles. The van der Waals surface area contributed by atoms with Crippen LogP contribution in [0.4, 0.5) is 0 Å². The van der Waals surface area contributed by atoms with Crippen molar-refractivity contribution in [1.82, 2.24) is 0 Å². The molecule has 1 rings (SSSR count). The summed E-state index contributed by atoms with van der Waals surface area (Å²) in [6.07, 6.45) is -1.44. The highest BCUT2D eigenvalue weighted by atomic mass is 16.6. The Hall–Kier alpha value is -1.10. The first kappa shape index (κ1) is 13.0. The Morgan fingerprint density at radius 1 is 1.44 bits per heavy atom. The zero-order chi connectivity index (χ0) is 12.7. The molecule has 0 saturated carbocycles. The molecule has 5 nitrogen and oxygen atoms in total. The number of aliphatic hydroxyl groups excluding tert-OH is 1. The van der Waals surface area contributed by atoms with Gasteiger partial charge in [0.05, 0.1) is 0 Å². The molecule has 0 aromatic heterocycles. The molecule has 5 heteroatoms. The lowest BCUT2D eigenvalue weighted by atomic mass is 9.89. The third-order valence-electron chi connectivity index (χ3n) is 2.33. The number of carbonyl (C=O) groups is 2. The van der Waals surface area contributed by atoms with Gasteiger partial charge in [-0.25, -0.2) is 4.79 Å². The van der Waals surface area contributed by atoms with E-state index >= 15 is 0 Å². The highest BCUT2D eigenvalue weighted by Gasteiger charge is 2.54. The van der Waals surface area contributed by atoms with Gasteiger partial charge in [-0.2, -0.15) is 0 Å². The summed E-state index contributed by atoms with van der Waals surface area (Å²) in [5.41, 5.74) is -1.68. The Bertz CT molecular complexity index is 313. The maximum absolute atomic E-state index is 11.8. The second kappa shape index (κ2) is 3.73. The summed E-state index contributed by atoms with van der Waals surface area (Å²) >= 11 is 0. The van der Waals surface area contributed by atoms with Gasteiger partial charge in [0, 0.05) is 0 Å². The number of carbonyl (C=O) groups excluding carboxylic acids is 2. The van der Waals surface area contributed by atoms with Crippen molar-refractivity contribution in [2.24, 2.45) is 5.92 Å². The molecule has 2 unspecified atom stereocenters. The van der Waals surface area contributed by atoms with Gasteiger partial charge in [0.2, 0.25) is 0 Å². The molecule has 2 atom stereocenters. The van der Waals surface area contributed by atoms with Crippen LogP contribution >= 0.6 is 0 Å². The molecule has 1 heterocycles. The van der Waals surface area contributed by atoms with Gasteiger partial charge in [-0.1, -0.05) is 0 Å². The zero-order valence-corrected chi connectivity index (χ0v) is 10.2. The van der Waals surface area contributed by atoms with Crippen LogP contribution in [-0.2, 0) is 19.1 Å². The van der Waals surface area contributed by atoms with Gasteiger partial charge < -0.3 is 14.6 Å². The second-order valence-corrected chi connectivity index (χ2v) is 5.48. The Balaban J connectivity index is 2.87. The fourth-order valence-corrected chi connectivity index (χ4v) is 1.68. The molecule has 1 fully saturated rings. The molecule has 0 bridgehead atoms. The Morgan fingerprint density at radius 3 is 2.25 bits per heavy atom. The van der Waals surface area contributed by atoms with Crippen molar-refractivity contribution in [3.63, 3.8) is 0 Å². The van der Waals surface area contributed by atoms with Crippen LogP contribution in [0.15, 0.2) is 0 Å². The first-order valence-corrected chi connectivity index (χ1v) is 5.18. The minimum atomic E-state index is -1.44.